The summed E-state index contributed by atoms with van der Waals surface area (Å²) in [5.74, 6) is 1.53. The van der Waals surface area contributed by atoms with Crippen LogP contribution in [0.5, 0.6) is 11.5 Å². The second-order valence-electron chi connectivity index (χ2n) is 5.39. The lowest BCUT2D eigenvalue weighted by Crippen LogP contribution is -2.04. The molecule has 1 heterocycles. The fourth-order valence-corrected chi connectivity index (χ4v) is 2.52. The van der Waals surface area contributed by atoms with Crippen LogP contribution in [0.25, 0.3) is 0 Å². The third-order valence-corrected chi connectivity index (χ3v) is 3.82. The zero-order valence-electron chi connectivity index (χ0n) is 12.2. The Morgan fingerprint density at radius 2 is 1.67 bits per heavy atom. The Bertz CT molecular complexity index is 570. The number of rotatable bonds is 6. The minimum atomic E-state index is 0.282. The van der Waals surface area contributed by atoms with Crippen molar-refractivity contribution in [1.82, 2.24) is 0 Å². The number of hydrogen-bond acceptors (Lipinski definition) is 3. The number of phenols is 1. The van der Waals surface area contributed by atoms with Crippen molar-refractivity contribution in [3.63, 3.8) is 0 Å². The van der Waals surface area contributed by atoms with Crippen molar-refractivity contribution in [3.05, 3.63) is 59.7 Å². The minimum absolute atomic E-state index is 0.282. The number of phenolic OH excluding ortho intramolecular Hbond substituents is 1. The van der Waals surface area contributed by atoms with Crippen molar-refractivity contribution in [1.29, 1.82) is 0 Å². The monoisotopic (exact) mass is 284 g/mol. The highest BCUT2D eigenvalue weighted by Crippen LogP contribution is 2.30. The third kappa shape index (κ3) is 3.56. The van der Waals surface area contributed by atoms with Gasteiger partial charge in [0.2, 0.25) is 0 Å². The van der Waals surface area contributed by atoms with E-state index in [2.05, 4.69) is 19.1 Å². The number of aromatic hydroxyl groups is 1. The van der Waals surface area contributed by atoms with Crippen molar-refractivity contribution < 1.29 is 14.6 Å². The Morgan fingerprint density at radius 3 is 2.19 bits per heavy atom. The van der Waals surface area contributed by atoms with Gasteiger partial charge in [-0.2, -0.15) is 0 Å². The average Bonchev–Trinajstić information content (AvgIpc) is 3.33. The lowest BCUT2D eigenvalue weighted by Gasteiger charge is -2.16. The van der Waals surface area contributed by atoms with Crippen molar-refractivity contribution in [2.24, 2.45) is 0 Å². The van der Waals surface area contributed by atoms with Gasteiger partial charge in [0, 0.05) is 5.92 Å². The minimum Gasteiger partial charge on any atom is -0.508 e. The van der Waals surface area contributed by atoms with E-state index in [0.29, 0.717) is 18.3 Å². The van der Waals surface area contributed by atoms with E-state index in [0.717, 1.165) is 18.8 Å². The maximum atomic E-state index is 9.40. The molecule has 1 aliphatic rings. The molecule has 110 valence electrons. The molecule has 1 fully saturated rings. The maximum absolute atomic E-state index is 9.40. The molecule has 0 saturated carbocycles. The van der Waals surface area contributed by atoms with Gasteiger partial charge in [-0.1, -0.05) is 31.2 Å². The van der Waals surface area contributed by atoms with Gasteiger partial charge in [-0.3, -0.25) is 0 Å². The first-order valence-corrected chi connectivity index (χ1v) is 7.39. The number of benzene rings is 2. The quantitative estimate of drug-likeness (QED) is 0.822. The highest BCUT2D eigenvalue weighted by molar-refractivity contribution is 5.37. The van der Waals surface area contributed by atoms with Crippen LogP contribution in [0, 0.1) is 0 Å². The number of hydrogen-bond donors (Lipinski definition) is 1. The Hall–Kier alpha value is -2.00. The van der Waals surface area contributed by atoms with Crippen LogP contribution >= 0.6 is 0 Å². The lowest BCUT2D eigenvalue weighted by molar-refractivity contribution is 0.263. The first kappa shape index (κ1) is 14.0. The second kappa shape index (κ2) is 6.19. The van der Waals surface area contributed by atoms with Gasteiger partial charge in [-0.15, -0.1) is 0 Å². The molecule has 0 radical (unpaired) electrons. The molecule has 0 aromatic heterocycles. The molecule has 0 amide bonds. The van der Waals surface area contributed by atoms with Crippen LogP contribution in [0.2, 0.25) is 0 Å². The molecule has 3 nitrogen and oxygen atoms in total. The number of epoxide rings is 1. The van der Waals surface area contributed by atoms with Crippen molar-refractivity contribution >= 4 is 0 Å². The van der Waals surface area contributed by atoms with Crippen LogP contribution in [0.3, 0.4) is 0 Å². The normalized spacial score (nSPS) is 18.2. The predicted octanol–water partition coefficient (Wildman–Crippen LogP) is 3.71. The molecule has 3 heteroatoms. The summed E-state index contributed by atoms with van der Waals surface area (Å²) in [5.41, 5.74) is 2.48. The summed E-state index contributed by atoms with van der Waals surface area (Å²) in [6, 6.07) is 15.7. The van der Waals surface area contributed by atoms with Crippen LogP contribution in [0.4, 0.5) is 0 Å². The molecule has 2 unspecified atom stereocenters. The highest BCUT2D eigenvalue weighted by atomic mass is 16.6. The maximum Gasteiger partial charge on any atom is 0.119 e. The van der Waals surface area contributed by atoms with E-state index in [1.807, 2.05) is 24.3 Å². The van der Waals surface area contributed by atoms with Gasteiger partial charge in [0.15, 0.2) is 0 Å². The van der Waals surface area contributed by atoms with Gasteiger partial charge in [0.1, 0.15) is 24.2 Å². The molecule has 3 rings (SSSR count). The van der Waals surface area contributed by atoms with Crippen molar-refractivity contribution in [2.75, 3.05) is 13.2 Å². The van der Waals surface area contributed by atoms with Crippen molar-refractivity contribution in [2.45, 2.75) is 25.4 Å². The molecule has 0 spiro atoms. The van der Waals surface area contributed by atoms with E-state index in [1.165, 1.54) is 11.1 Å². The summed E-state index contributed by atoms with van der Waals surface area (Å²) in [6.45, 7) is 3.62. The summed E-state index contributed by atoms with van der Waals surface area (Å²) < 4.78 is 10.8. The highest BCUT2D eigenvalue weighted by Gasteiger charge is 2.23. The van der Waals surface area contributed by atoms with Gasteiger partial charge < -0.3 is 14.6 Å². The van der Waals surface area contributed by atoms with Crippen LogP contribution in [0.1, 0.15) is 30.4 Å². The molecule has 1 saturated heterocycles. The van der Waals surface area contributed by atoms with Gasteiger partial charge in [0.25, 0.3) is 0 Å². The smallest absolute Gasteiger partial charge is 0.119 e. The van der Waals surface area contributed by atoms with Crippen LogP contribution in [0.15, 0.2) is 48.5 Å². The van der Waals surface area contributed by atoms with E-state index in [4.69, 9.17) is 9.47 Å². The summed E-state index contributed by atoms with van der Waals surface area (Å²) in [6.07, 6.45) is 1.30. The van der Waals surface area contributed by atoms with Gasteiger partial charge in [0.05, 0.1) is 6.61 Å². The lowest BCUT2D eigenvalue weighted by atomic mass is 9.89. The van der Waals surface area contributed by atoms with Crippen LogP contribution in [-0.2, 0) is 4.74 Å². The Morgan fingerprint density at radius 1 is 1.10 bits per heavy atom. The predicted molar refractivity (Wildman–Crippen MR) is 81.9 cm³/mol. The first-order valence-electron chi connectivity index (χ1n) is 7.39. The second-order valence-corrected chi connectivity index (χ2v) is 5.39. The Labute approximate surface area is 125 Å². The average molecular weight is 284 g/mol. The van der Waals surface area contributed by atoms with E-state index in [1.54, 1.807) is 12.1 Å². The summed E-state index contributed by atoms with van der Waals surface area (Å²) in [7, 11) is 0. The van der Waals surface area contributed by atoms with Crippen molar-refractivity contribution in [3.8, 4) is 11.5 Å². The van der Waals surface area contributed by atoms with Crippen LogP contribution < -0.4 is 4.74 Å². The van der Waals surface area contributed by atoms with Gasteiger partial charge in [-0.05, 0) is 41.8 Å². The third-order valence-electron chi connectivity index (χ3n) is 3.82. The fraction of sp³-hybridized carbons (Fsp3) is 0.333. The Kier molecular flexibility index (Phi) is 4.11. The molecular formula is C18H20O3. The molecule has 21 heavy (non-hydrogen) atoms. The number of ether oxygens (including phenoxy) is 2. The molecule has 1 N–H and O–H groups in total. The summed E-state index contributed by atoms with van der Waals surface area (Å²) in [5, 5.41) is 9.40. The van der Waals surface area contributed by atoms with Crippen LogP contribution in [-0.4, -0.2) is 24.4 Å². The van der Waals surface area contributed by atoms with Gasteiger partial charge >= 0.3 is 0 Å². The van der Waals surface area contributed by atoms with E-state index < -0.39 is 0 Å². The first-order chi connectivity index (χ1) is 10.3. The largest absolute Gasteiger partial charge is 0.508 e. The molecule has 0 aliphatic carbocycles. The molecule has 2 aromatic carbocycles. The fourth-order valence-electron chi connectivity index (χ4n) is 2.52. The van der Waals surface area contributed by atoms with E-state index in [-0.39, 0.29) is 6.10 Å². The SMILES string of the molecule is CCC(c1ccc(O)cc1)c1ccc(OCC2CO2)cc1. The summed E-state index contributed by atoms with van der Waals surface area (Å²) in [4.78, 5) is 0. The Balaban J connectivity index is 1.72. The molecule has 2 aromatic rings. The molecule has 2 atom stereocenters. The molecule has 0 bridgehead atoms. The molecule has 1 aliphatic heterocycles. The molecular weight excluding hydrogens is 264 g/mol. The topological polar surface area (TPSA) is 42.0 Å². The van der Waals surface area contributed by atoms with E-state index >= 15 is 0 Å². The van der Waals surface area contributed by atoms with Gasteiger partial charge in [-0.25, -0.2) is 0 Å². The zero-order valence-corrected chi connectivity index (χ0v) is 12.2. The van der Waals surface area contributed by atoms with E-state index in [9.17, 15) is 5.11 Å². The summed E-state index contributed by atoms with van der Waals surface area (Å²) >= 11 is 0. The zero-order chi connectivity index (χ0) is 14.7. The standard InChI is InChI=1S/C18H20O3/c1-2-18(13-3-7-15(19)8-4-13)14-5-9-16(10-6-14)20-11-17-12-21-17/h3-10,17-19H,2,11-12H2,1H3.